The highest BCUT2D eigenvalue weighted by atomic mass is 79.9. The van der Waals surface area contributed by atoms with Crippen LogP contribution in [-0.2, 0) is 11.8 Å². The summed E-state index contributed by atoms with van der Waals surface area (Å²) in [6.45, 7) is 6.47. The van der Waals surface area contributed by atoms with Crippen LogP contribution >= 0.6 is 15.9 Å². The van der Waals surface area contributed by atoms with Gasteiger partial charge in [-0.15, -0.1) is 0 Å². The summed E-state index contributed by atoms with van der Waals surface area (Å²) in [6, 6.07) is 19.5. The Labute approximate surface area is 136 Å². The third-order valence-electron chi connectivity index (χ3n) is 4.26. The standard InChI is InChI=1S/C19H24BrN/c1-3-19(15-21-4-2,17-11-6-5-7-12-17)14-16-10-8-9-13-18(16)20/h5-13,21H,3-4,14-15H2,1-2H3. The summed E-state index contributed by atoms with van der Waals surface area (Å²) in [5.74, 6) is 0. The molecule has 2 aromatic carbocycles. The van der Waals surface area contributed by atoms with Gasteiger partial charge in [0, 0.05) is 16.4 Å². The molecule has 0 aliphatic heterocycles. The molecule has 0 saturated carbocycles. The molecule has 0 saturated heterocycles. The van der Waals surface area contributed by atoms with Crippen LogP contribution < -0.4 is 5.32 Å². The van der Waals surface area contributed by atoms with Gasteiger partial charge >= 0.3 is 0 Å². The summed E-state index contributed by atoms with van der Waals surface area (Å²) >= 11 is 3.70. The monoisotopic (exact) mass is 345 g/mol. The van der Waals surface area contributed by atoms with E-state index in [-0.39, 0.29) is 5.41 Å². The number of benzene rings is 2. The predicted molar refractivity (Wildman–Crippen MR) is 94.8 cm³/mol. The largest absolute Gasteiger partial charge is 0.316 e. The Balaban J connectivity index is 2.38. The van der Waals surface area contributed by atoms with Crippen molar-refractivity contribution < 1.29 is 0 Å². The van der Waals surface area contributed by atoms with Crippen molar-refractivity contribution in [1.82, 2.24) is 5.32 Å². The molecular weight excluding hydrogens is 322 g/mol. The molecule has 0 bridgehead atoms. The molecule has 112 valence electrons. The van der Waals surface area contributed by atoms with E-state index < -0.39 is 0 Å². The first-order chi connectivity index (χ1) is 10.2. The van der Waals surface area contributed by atoms with Gasteiger partial charge in [-0.3, -0.25) is 0 Å². The smallest absolute Gasteiger partial charge is 0.0207 e. The summed E-state index contributed by atoms with van der Waals surface area (Å²) in [6.07, 6.45) is 2.16. The molecule has 0 spiro atoms. The maximum atomic E-state index is 3.70. The van der Waals surface area contributed by atoms with Crippen molar-refractivity contribution in [1.29, 1.82) is 0 Å². The van der Waals surface area contributed by atoms with Gasteiger partial charge in [0.25, 0.3) is 0 Å². The molecule has 2 heteroatoms. The average Bonchev–Trinajstić information content (AvgIpc) is 2.54. The van der Waals surface area contributed by atoms with Crippen LogP contribution in [0.5, 0.6) is 0 Å². The van der Waals surface area contributed by atoms with E-state index in [1.807, 2.05) is 0 Å². The number of hydrogen-bond acceptors (Lipinski definition) is 1. The van der Waals surface area contributed by atoms with Crippen molar-refractivity contribution in [2.45, 2.75) is 32.1 Å². The maximum Gasteiger partial charge on any atom is 0.0207 e. The van der Waals surface area contributed by atoms with Crippen LogP contribution in [0.4, 0.5) is 0 Å². The molecule has 21 heavy (non-hydrogen) atoms. The van der Waals surface area contributed by atoms with E-state index >= 15 is 0 Å². The van der Waals surface area contributed by atoms with Gasteiger partial charge in [0.2, 0.25) is 0 Å². The van der Waals surface area contributed by atoms with Crippen molar-refractivity contribution in [3.05, 3.63) is 70.2 Å². The number of hydrogen-bond donors (Lipinski definition) is 1. The van der Waals surface area contributed by atoms with E-state index in [0.29, 0.717) is 0 Å². The number of likely N-dealkylation sites (N-methyl/N-ethyl adjacent to an activating group) is 1. The lowest BCUT2D eigenvalue weighted by molar-refractivity contribution is 0.381. The predicted octanol–water partition coefficient (Wildman–Crippen LogP) is 4.95. The van der Waals surface area contributed by atoms with Gasteiger partial charge in [0.15, 0.2) is 0 Å². The highest BCUT2D eigenvalue weighted by Crippen LogP contribution is 2.33. The maximum absolute atomic E-state index is 3.70. The van der Waals surface area contributed by atoms with Gasteiger partial charge in [-0.2, -0.15) is 0 Å². The molecule has 0 aliphatic rings. The van der Waals surface area contributed by atoms with Crippen LogP contribution in [-0.4, -0.2) is 13.1 Å². The van der Waals surface area contributed by atoms with E-state index in [2.05, 4.69) is 89.7 Å². The highest BCUT2D eigenvalue weighted by molar-refractivity contribution is 9.10. The Morgan fingerprint density at radius 3 is 2.24 bits per heavy atom. The molecule has 0 aliphatic carbocycles. The first-order valence-electron chi connectivity index (χ1n) is 7.71. The Hall–Kier alpha value is -1.12. The van der Waals surface area contributed by atoms with Crippen LogP contribution in [0.1, 0.15) is 31.4 Å². The second-order valence-corrected chi connectivity index (χ2v) is 6.40. The van der Waals surface area contributed by atoms with E-state index in [4.69, 9.17) is 0 Å². The minimum absolute atomic E-state index is 0.140. The molecule has 0 radical (unpaired) electrons. The van der Waals surface area contributed by atoms with E-state index in [1.54, 1.807) is 0 Å². The minimum atomic E-state index is 0.140. The van der Waals surface area contributed by atoms with Gasteiger partial charge in [-0.1, -0.05) is 78.3 Å². The fraction of sp³-hybridized carbons (Fsp3) is 0.368. The Morgan fingerprint density at radius 1 is 0.952 bits per heavy atom. The van der Waals surface area contributed by atoms with E-state index in [9.17, 15) is 0 Å². The zero-order valence-electron chi connectivity index (χ0n) is 12.9. The van der Waals surface area contributed by atoms with Crippen LogP contribution in [0, 0.1) is 0 Å². The fourth-order valence-electron chi connectivity index (χ4n) is 2.88. The van der Waals surface area contributed by atoms with Gasteiger partial charge < -0.3 is 5.32 Å². The second kappa shape index (κ2) is 7.77. The molecule has 0 heterocycles. The Morgan fingerprint density at radius 2 is 1.62 bits per heavy atom. The van der Waals surface area contributed by atoms with Gasteiger partial charge in [-0.05, 0) is 36.6 Å². The molecule has 1 atom stereocenters. The second-order valence-electron chi connectivity index (χ2n) is 5.55. The summed E-state index contributed by atoms with van der Waals surface area (Å²) in [5.41, 5.74) is 2.94. The fourth-order valence-corrected chi connectivity index (χ4v) is 3.31. The van der Waals surface area contributed by atoms with Crippen molar-refractivity contribution in [3.8, 4) is 0 Å². The first kappa shape index (κ1) is 16.3. The molecule has 1 nitrogen and oxygen atoms in total. The average molecular weight is 346 g/mol. The van der Waals surface area contributed by atoms with Crippen LogP contribution in [0.15, 0.2) is 59.1 Å². The number of nitrogens with one attached hydrogen (secondary N) is 1. The summed E-state index contributed by atoms with van der Waals surface area (Å²) < 4.78 is 1.20. The summed E-state index contributed by atoms with van der Waals surface area (Å²) in [5, 5.41) is 3.56. The Kier molecular flexibility index (Phi) is 6.01. The lowest BCUT2D eigenvalue weighted by atomic mass is 9.73. The molecule has 0 fully saturated rings. The molecular formula is C19H24BrN. The van der Waals surface area contributed by atoms with Gasteiger partial charge in [0.1, 0.15) is 0 Å². The SMILES string of the molecule is CCNCC(CC)(Cc1ccccc1Br)c1ccccc1. The third kappa shape index (κ3) is 3.96. The number of rotatable bonds is 7. The Bertz CT molecular complexity index is 553. The van der Waals surface area contributed by atoms with Gasteiger partial charge in [-0.25, -0.2) is 0 Å². The summed E-state index contributed by atoms with van der Waals surface area (Å²) in [4.78, 5) is 0. The van der Waals surface area contributed by atoms with E-state index in [1.165, 1.54) is 15.6 Å². The highest BCUT2D eigenvalue weighted by Gasteiger charge is 2.30. The normalized spacial score (nSPS) is 13.9. The molecule has 2 aromatic rings. The minimum Gasteiger partial charge on any atom is -0.316 e. The molecule has 1 N–H and O–H groups in total. The molecule has 2 rings (SSSR count). The van der Waals surface area contributed by atoms with Gasteiger partial charge in [0.05, 0.1) is 0 Å². The number of halogens is 1. The zero-order valence-corrected chi connectivity index (χ0v) is 14.5. The van der Waals surface area contributed by atoms with E-state index in [0.717, 1.165) is 25.9 Å². The zero-order chi connectivity index (χ0) is 15.1. The van der Waals surface area contributed by atoms with Crippen molar-refractivity contribution in [2.24, 2.45) is 0 Å². The van der Waals surface area contributed by atoms with Crippen LogP contribution in [0.25, 0.3) is 0 Å². The summed E-state index contributed by atoms with van der Waals surface area (Å²) in [7, 11) is 0. The lowest BCUT2D eigenvalue weighted by Gasteiger charge is -2.34. The van der Waals surface area contributed by atoms with Crippen molar-refractivity contribution in [2.75, 3.05) is 13.1 Å². The van der Waals surface area contributed by atoms with Crippen molar-refractivity contribution in [3.63, 3.8) is 0 Å². The first-order valence-corrected chi connectivity index (χ1v) is 8.51. The molecule has 0 aromatic heterocycles. The topological polar surface area (TPSA) is 12.0 Å². The molecule has 1 unspecified atom stereocenters. The van der Waals surface area contributed by atoms with Crippen LogP contribution in [0.3, 0.4) is 0 Å². The lowest BCUT2D eigenvalue weighted by Crippen LogP contribution is -2.39. The van der Waals surface area contributed by atoms with Crippen LogP contribution in [0.2, 0.25) is 0 Å². The van der Waals surface area contributed by atoms with Crippen molar-refractivity contribution >= 4 is 15.9 Å². The quantitative estimate of drug-likeness (QED) is 0.748. The third-order valence-corrected chi connectivity index (χ3v) is 5.04. The molecule has 0 amide bonds.